The van der Waals surface area contributed by atoms with Gasteiger partial charge in [0.25, 0.3) is 11.5 Å². The summed E-state index contributed by atoms with van der Waals surface area (Å²) in [5, 5.41) is 6.11. The molecule has 8 nitrogen and oxygen atoms in total. The fourth-order valence-corrected chi connectivity index (χ4v) is 5.32. The van der Waals surface area contributed by atoms with Crippen LogP contribution in [-0.2, 0) is 4.79 Å². The molecule has 186 valence electrons. The van der Waals surface area contributed by atoms with Crippen LogP contribution in [0.3, 0.4) is 0 Å². The summed E-state index contributed by atoms with van der Waals surface area (Å²) in [5.74, 6) is -0.121. The monoisotopic (exact) mass is 504 g/mol. The van der Waals surface area contributed by atoms with E-state index in [1.807, 2.05) is 45.0 Å². The predicted octanol–water partition coefficient (Wildman–Crippen LogP) is 5.23. The van der Waals surface area contributed by atoms with Crippen LogP contribution >= 0.6 is 11.3 Å². The molecule has 2 heterocycles. The number of anilines is 2. The lowest BCUT2D eigenvalue weighted by molar-refractivity contribution is -0.119. The van der Waals surface area contributed by atoms with Crippen LogP contribution in [0.25, 0.3) is 10.2 Å². The first kappa shape index (κ1) is 25.1. The number of carbonyl (C=O) groups is 2. The number of methoxy groups -OCH3 is 1. The molecule has 0 aliphatic rings. The fourth-order valence-electron chi connectivity index (χ4n) is 4.28. The summed E-state index contributed by atoms with van der Waals surface area (Å²) in [4.78, 5) is 45.0. The molecule has 0 radical (unpaired) electrons. The number of aryl methyl sites for hydroxylation is 3. The second-order valence-corrected chi connectivity index (χ2v) is 9.64. The van der Waals surface area contributed by atoms with Gasteiger partial charge in [-0.1, -0.05) is 25.1 Å². The van der Waals surface area contributed by atoms with Crippen molar-refractivity contribution >= 4 is 44.7 Å². The maximum atomic E-state index is 13.5. The zero-order valence-corrected chi connectivity index (χ0v) is 21.7. The van der Waals surface area contributed by atoms with Gasteiger partial charge in [0.2, 0.25) is 5.91 Å². The van der Waals surface area contributed by atoms with Crippen molar-refractivity contribution < 1.29 is 14.3 Å². The van der Waals surface area contributed by atoms with E-state index in [0.29, 0.717) is 44.2 Å². The highest BCUT2D eigenvalue weighted by molar-refractivity contribution is 7.20. The van der Waals surface area contributed by atoms with Crippen LogP contribution < -0.4 is 20.9 Å². The van der Waals surface area contributed by atoms with Gasteiger partial charge in [0.1, 0.15) is 16.6 Å². The average molecular weight is 505 g/mol. The number of nitrogens with zero attached hydrogens (tertiary/aromatic N) is 2. The molecule has 2 aromatic carbocycles. The predicted molar refractivity (Wildman–Crippen MR) is 143 cm³/mol. The number of para-hydroxylation sites is 2. The largest absolute Gasteiger partial charge is 0.495 e. The molecular weight excluding hydrogens is 476 g/mol. The van der Waals surface area contributed by atoms with E-state index >= 15 is 0 Å². The zero-order valence-electron chi connectivity index (χ0n) is 20.8. The minimum absolute atomic E-state index is 0.298. The van der Waals surface area contributed by atoms with E-state index in [0.717, 1.165) is 22.5 Å². The molecule has 0 bridgehead atoms. The number of aromatic nitrogens is 2. The third-order valence-corrected chi connectivity index (χ3v) is 7.15. The highest BCUT2D eigenvalue weighted by Gasteiger charge is 2.25. The number of ether oxygens (including phenoxy) is 1. The zero-order chi connectivity index (χ0) is 26.0. The van der Waals surface area contributed by atoms with Gasteiger partial charge < -0.3 is 15.4 Å². The SMILES string of the molecule is CCC(C(=O)Nc1cc(C)cc(C)c1)n1cnc2sc(C(=O)Nc3ccccc3OC)c(C)c2c1=O. The molecule has 36 heavy (non-hydrogen) atoms. The third-order valence-electron chi connectivity index (χ3n) is 5.95. The van der Waals surface area contributed by atoms with Crippen molar-refractivity contribution in [1.82, 2.24) is 9.55 Å². The Hall–Kier alpha value is -3.98. The number of hydrogen-bond donors (Lipinski definition) is 2. The van der Waals surface area contributed by atoms with Crippen molar-refractivity contribution in [3.05, 3.63) is 80.7 Å². The average Bonchev–Trinajstić information content (AvgIpc) is 3.17. The molecule has 2 aromatic heterocycles. The van der Waals surface area contributed by atoms with E-state index in [2.05, 4.69) is 15.6 Å². The Bertz CT molecular complexity index is 1500. The lowest BCUT2D eigenvalue weighted by Crippen LogP contribution is -2.33. The number of benzene rings is 2. The summed E-state index contributed by atoms with van der Waals surface area (Å²) in [6.07, 6.45) is 1.78. The van der Waals surface area contributed by atoms with E-state index in [9.17, 15) is 14.4 Å². The molecule has 0 aliphatic carbocycles. The van der Waals surface area contributed by atoms with E-state index < -0.39 is 6.04 Å². The first-order valence-electron chi connectivity index (χ1n) is 11.6. The molecule has 1 unspecified atom stereocenters. The number of thiophene rings is 1. The standard InChI is InChI=1S/C27H28N4O4S/c1-6-20(24(32)29-18-12-15(2)11-16(3)13-18)31-14-28-26-22(27(31)34)17(4)23(36-26)25(33)30-19-9-7-8-10-21(19)35-5/h7-14,20H,6H2,1-5H3,(H,29,32)(H,30,33). The molecule has 2 N–H and O–H groups in total. The molecular formula is C27H28N4O4S. The van der Waals surface area contributed by atoms with Gasteiger partial charge in [-0.05, 0) is 68.1 Å². The van der Waals surface area contributed by atoms with Gasteiger partial charge in [0, 0.05) is 5.69 Å². The molecule has 0 spiro atoms. The van der Waals surface area contributed by atoms with Gasteiger partial charge in [-0.25, -0.2) is 4.98 Å². The summed E-state index contributed by atoms with van der Waals surface area (Å²) in [5.41, 5.74) is 3.45. The Kier molecular flexibility index (Phi) is 7.21. The van der Waals surface area contributed by atoms with Crippen molar-refractivity contribution in [1.29, 1.82) is 0 Å². The van der Waals surface area contributed by atoms with Crippen molar-refractivity contribution in [2.75, 3.05) is 17.7 Å². The van der Waals surface area contributed by atoms with Crippen LogP contribution in [-0.4, -0.2) is 28.5 Å². The number of carbonyl (C=O) groups excluding carboxylic acids is 2. The summed E-state index contributed by atoms with van der Waals surface area (Å²) in [6, 6.07) is 12.1. The highest BCUT2D eigenvalue weighted by atomic mass is 32.1. The summed E-state index contributed by atoms with van der Waals surface area (Å²) < 4.78 is 6.66. The normalized spacial score (nSPS) is 11.8. The topological polar surface area (TPSA) is 102 Å². The second kappa shape index (κ2) is 10.3. The number of nitrogens with one attached hydrogen (secondary N) is 2. The van der Waals surface area contributed by atoms with E-state index in [-0.39, 0.29) is 17.4 Å². The molecule has 0 fully saturated rings. The number of fused-ring (bicyclic) bond motifs is 1. The first-order valence-corrected chi connectivity index (χ1v) is 12.4. The van der Waals surface area contributed by atoms with Crippen LogP contribution in [0.4, 0.5) is 11.4 Å². The molecule has 9 heteroatoms. The first-order chi connectivity index (χ1) is 17.2. The minimum atomic E-state index is -0.750. The number of hydrogen-bond acceptors (Lipinski definition) is 6. The molecule has 4 aromatic rings. The van der Waals surface area contributed by atoms with Crippen molar-refractivity contribution in [3.63, 3.8) is 0 Å². The molecule has 4 rings (SSSR count). The van der Waals surface area contributed by atoms with E-state index in [4.69, 9.17) is 4.74 Å². The van der Waals surface area contributed by atoms with Gasteiger partial charge in [-0.2, -0.15) is 0 Å². The molecule has 1 atom stereocenters. The van der Waals surface area contributed by atoms with Crippen LogP contribution in [0.1, 0.15) is 45.7 Å². The summed E-state index contributed by atoms with van der Waals surface area (Å²) >= 11 is 1.14. The Morgan fingerprint density at radius 2 is 1.78 bits per heavy atom. The van der Waals surface area contributed by atoms with Gasteiger partial charge in [0.15, 0.2) is 0 Å². The van der Waals surface area contributed by atoms with E-state index in [1.165, 1.54) is 18.0 Å². The summed E-state index contributed by atoms with van der Waals surface area (Å²) in [6.45, 7) is 7.49. The molecule has 0 saturated heterocycles. The lowest BCUT2D eigenvalue weighted by atomic mass is 10.1. The third kappa shape index (κ3) is 4.87. The van der Waals surface area contributed by atoms with Gasteiger partial charge in [-0.15, -0.1) is 11.3 Å². The Balaban J connectivity index is 1.67. The van der Waals surface area contributed by atoms with Crippen molar-refractivity contribution in [2.45, 2.75) is 40.2 Å². The molecule has 0 aliphatic heterocycles. The molecule has 2 amide bonds. The van der Waals surface area contributed by atoms with Crippen LogP contribution in [0.15, 0.2) is 53.6 Å². The smallest absolute Gasteiger partial charge is 0.266 e. The number of amides is 2. The van der Waals surface area contributed by atoms with Crippen LogP contribution in [0, 0.1) is 20.8 Å². The number of rotatable bonds is 7. The quantitative estimate of drug-likeness (QED) is 0.359. The van der Waals surface area contributed by atoms with Crippen molar-refractivity contribution in [3.8, 4) is 5.75 Å². The Morgan fingerprint density at radius 3 is 2.44 bits per heavy atom. The minimum Gasteiger partial charge on any atom is -0.495 e. The maximum Gasteiger partial charge on any atom is 0.266 e. The molecule has 0 saturated carbocycles. The fraction of sp³-hybridized carbons (Fsp3) is 0.259. The Labute approximate surface area is 212 Å². The van der Waals surface area contributed by atoms with Gasteiger partial charge in [-0.3, -0.25) is 19.0 Å². The highest BCUT2D eigenvalue weighted by Crippen LogP contribution is 2.30. The van der Waals surface area contributed by atoms with Crippen molar-refractivity contribution in [2.24, 2.45) is 0 Å². The van der Waals surface area contributed by atoms with Gasteiger partial charge in [0.05, 0.1) is 29.4 Å². The van der Waals surface area contributed by atoms with Crippen LogP contribution in [0.2, 0.25) is 0 Å². The Morgan fingerprint density at radius 1 is 1.08 bits per heavy atom. The second-order valence-electron chi connectivity index (χ2n) is 8.64. The van der Waals surface area contributed by atoms with Crippen LogP contribution in [0.5, 0.6) is 5.75 Å². The lowest BCUT2D eigenvalue weighted by Gasteiger charge is -2.18. The van der Waals surface area contributed by atoms with E-state index in [1.54, 1.807) is 25.1 Å². The summed E-state index contributed by atoms with van der Waals surface area (Å²) in [7, 11) is 1.53. The van der Waals surface area contributed by atoms with Gasteiger partial charge >= 0.3 is 0 Å². The maximum absolute atomic E-state index is 13.5.